The smallest absolute Gasteiger partial charge is 0.383 e. The fourth-order valence-electron chi connectivity index (χ4n) is 6.39. The standard InChI is InChI=1S/C17H21F5O2/c1-15(24,16(18,19)14(23)17(20,21)22)11-6-9-5-10(11)13-8-3-2-7(4-8)12(9)13/h2-3,7-14,23-24H,4-6H2,1H3. The number of aliphatic hydroxyl groups excluding tert-OH is 1. The summed E-state index contributed by atoms with van der Waals surface area (Å²) in [6.45, 7) is 0.769. The van der Waals surface area contributed by atoms with Gasteiger partial charge in [-0.3, -0.25) is 0 Å². The van der Waals surface area contributed by atoms with Gasteiger partial charge in [0.2, 0.25) is 6.10 Å². The molecule has 0 aromatic carbocycles. The molecule has 2 N–H and O–H groups in total. The van der Waals surface area contributed by atoms with Crippen molar-refractivity contribution in [3.63, 3.8) is 0 Å². The van der Waals surface area contributed by atoms with E-state index in [9.17, 15) is 27.1 Å². The number of halogens is 5. The molecule has 0 aliphatic heterocycles. The van der Waals surface area contributed by atoms with Crippen molar-refractivity contribution in [1.82, 2.24) is 0 Å². The maximum Gasteiger partial charge on any atom is 0.420 e. The Morgan fingerprint density at radius 3 is 2.12 bits per heavy atom. The van der Waals surface area contributed by atoms with Gasteiger partial charge in [-0.15, -0.1) is 0 Å². The summed E-state index contributed by atoms with van der Waals surface area (Å²) in [5.74, 6) is -4.17. The quantitative estimate of drug-likeness (QED) is 0.464. The van der Waals surface area contributed by atoms with Crippen LogP contribution in [0.15, 0.2) is 12.2 Å². The third-order valence-electron chi connectivity index (χ3n) is 7.32. The zero-order valence-corrected chi connectivity index (χ0v) is 13.2. The van der Waals surface area contributed by atoms with Crippen molar-refractivity contribution >= 4 is 0 Å². The highest BCUT2D eigenvalue weighted by Crippen LogP contribution is 2.69. The summed E-state index contributed by atoms with van der Waals surface area (Å²) < 4.78 is 66.6. The molecule has 0 radical (unpaired) electrons. The minimum absolute atomic E-state index is 0.189. The normalized spacial score (nSPS) is 47.1. The number of aliphatic hydroxyl groups is 2. The Hall–Kier alpha value is -0.690. The monoisotopic (exact) mass is 352 g/mol. The number of hydrogen-bond acceptors (Lipinski definition) is 2. The second-order valence-corrected chi connectivity index (χ2v) is 8.32. The van der Waals surface area contributed by atoms with Gasteiger partial charge < -0.3 is 10.2 Å². The van der Waals surface area contributed by atoms with Crippen LogP contribution in [-0.2, 0) is 0 Å². The second-order valence-electron chi connectivity index (χ2n) is 8.32. The molecule has 0 spiro atoms. The van der Waals surface area contributed by atoms with Crippen molar-refractivity contribution in [3.05, 3.63) is 12.2 Å². The van der Waals surface area contributed by atoms with Crippen molar-refractivity contribution in [3.8, 4) is 0 Å². The van der Waals surface area contributed by atoms with E-state index < -0.39 is 29.7 Å². The van der Waals surface area contributed by atoms with Crippen LogP contribution in [0.5, 0.6) is 0 Å². The van der Waals surface area contributed by atoms with Crippen LogP contribution in [0.4, 0.5) is 22.0 Å². The van der Waals surface area contributed by atoms with Crippen LogP contribution in [-0.4, -0.2) is 34.0 Å². The molecule has 0 amide bonds. The van der Waals surface area contributed by atoms with Gasteiger partial charge in [-0.05, 0) is 67.6 Å². The van der Waals surface area contributed by atoms with Crippen LogP contribution < -0.4 is 0 Å². The molecule has 4 aliphatic carbocycles. The Morgan fingerprint density at radius 2 is 1.54 bits per heavy atom. The number of fused-ring (bicyclic) bond motifs is 9. The Balaban J connectivity index is 1.61. The molecule has 7 heteroatoms. The van der Waals surface area contributed by atoms with Gasteiger partial charge in [-0.25, -0.2) is 8.78 Å². The molecule has 24 heavy (non-hydrogen) atoms. The Labute approximate surface area is 136 Å². The highest BCUT2D eigenvalue weighted by molar-refractivity contribution is 5.22. The fraction of sp³-hybridized carbons (Fsp3) is 0.882. The van der Waals surface area contributed by atoms with Crippen molar-refractivity contribution in [1.29, 1.82) is 0 Å². The van der Waals surface area contributed by atoms with E-state index in [0.717, 1.165) is 13.3 Å². The summed E-state index contributed by atoms with van der Waals surface area (Å²) in [6.07, 6.45) is -3.03. The van der Waals surface area contributed by atoms with Gasteiger partial charge >= 0.3 is 12.1 Å². The van der Waals surface area contributed by atoms with Gasteiger partial charge in [0, 0.05) is 0 Å². The summed E-state index contributed by atoms with van der Waals surface area (Å²) >= 11 is 0. The van der Waals surface area contributed by atoms with Gasteiger partial charge in [0.05, 0.1) is 0 Å². The van der Waals surface area contributed by atoms with Gasteiger partial charge in [0.15, 0.2) is 0 Å². The van der Waals surface area contributed by atoms with E-state index in [0.29, 0.717) is 30.6 Å². The van der Waals surface area contributed by atoms with E-state index in [-0.39, 0.29) is 17.8 Å². The highest BCUT2D eigenvalue weighted by Gasteiger charge is 2.71. The van der Waals surface area contributed by atoms with E-state index >= 15 is 0 Å². The van der Waals surface area contributed by atoms with Crippen LogP contribution in [0.3, 0.4) is 0 Å². The van der Waals surface area contributed by atoms with Gasteiger partial charge in [0.25, 0.3) is 0 Å². The highest BCUT2D eigenvalue weighted by atomic mass is 19.4. The predicted molar refractivity (Wildman–Crippen MR) is 75.1 cm³/mol. The largest absolute Gasteiger partial charge is 0.420 e. The van der Waals surface area contributed by atoms with Crippen molar-refractivity contribution in [2.45, 2.75) is 50.0 Å². The summed E-state index contributed by atoms with van der Waals surface area (Å²) in [7, 11) is 0. The van der Waals surface area contributed by atoms with Crippen molar-refractivity contribution in [2.24, 2.45) is 41.4 Å². The maximum absolute atomic E-state index is 14.4. The van der Waals surface area contributed by atoms with Crippen molar-refractivity contribution in [2.75, 3.05) is 0 Å². The lowest BCUT2D eigenvalue weighted by molar-refractivity contribution is -0.322. The maximum atomic E-state index is 14.4. The van der Waals surface area contributed by atoms with Crippen LogP contribution >= 0.6 is 0 Å². The lowest BCUT2D eigenvalue weighted by Crippen LogP contribution is -2.62. The van der Waals surface area contributed by atoms with Gasteiger partial charge in [-0.2, -0.15) is 13.2 Å². The predicted octanol–water partition coefficient (Wildman–Crippen LogP) is 3.39. The molecule has 2 nitrogen and oxygen atoms in total. The van der Waals surface area contributed by atoms with E-state index in [1.165, 1.54) is 0 Å². The van der Waals surface area contributed by atoms with Gasteiger partial charge in [-0.1, -0.05) is 12.2 Å². The summed E-state index contributed by atoms with van der Waals surface area (Å²) in [5, 5.41) is 19.6. The van der Waals surface area contributed by atoms with E-state index in [1.54, 1.807) is 0 Å². The van der Waals surface area contributed by atoms with Gasteiger partial charge in [0.1, 0.15) is 5.60 Å². The molecule has 4 aliphatic rings. The average molecular weight is 352 g/mol. The molecule has 9 unspecified atom stereocenters. The molecule has 0 heterocycles. The average Bonchev–Trinajstić information content (AvgIpc) is 3.22. The molecule has 0 saturated heterocycles. The molecule has 9 atom stereocenters. The van der Waals surface area contributed by atoms with Crippen LogP contribution in [0.1, 0.15) is 26.2 Å². The zero-order valence-electron chi connectivity index (χ0n) is 13.2. The molecule has 4 bridgehead atoms. The molecule has 4 rings (SSSR count). The number of hydrogen-bond donors (Lipinski definition) is 2. The molecule has 136 valence electrons. The molecule has 3 saturated carbocycles. The first-order valence-corrected chi connectivity index (χ1v) is 8.49. The second kappa shape index (κ2) is 4.72. The van der Waals surface area contributed by atoms with Crippen LogP contribution in [0, 0.1) is 41.4 Å². The minimum atomic E-state index is -5.47. The van der Waals surface area contributed by atoms with Crippen LogP contribution in [0.2, 0.25) is 0 Å². The summed E-state index contributed by atoms with van der Waals surface area (Å²) in [6, 6.07) is 0. The van der Waals surface area contributed by atoms with E-state index in [4.69, 9.17) is 5.11 Å². The topological polar surface area (TPSA) is 40.5 Å². The molecular weight excluding hydrogens is 331 g/mol. The lowest BCUT2D eigenvalue weighted by Gasteiger charge is -2.46. The first kappa shape index (κ1) is 16.8. The molecular formula is C17H21F5O2. The van der Waals surface area contributed by atoms with Crippen molar-refractivity contribution < 1.29 is 32.2 Å². The summed E-state index contributed by atoms with van der Waals surface area (Å²) in [4.78, 5) is 0. The zero-order chi connectivity index (χ0) is 17.7. The fourth-order valence-corrected chi connectivity index (χ4v) is 6.39. The lowest BCUT2D eigenvalue weighted by atomic mass is 9.63. The third kappa shape index (κ3) is 1.94. The Bertz CT molecular complexity index is 570. The molecule has 3 fully saturated rings. The number of allylic oxidation sites excluding steroid dienone is 2. The SMILES string of the molecule is CC(O)(C1CC2CC1C1C3C=CC(C3)C21)C(F)(F)C(O)C(F)(F)F. The first-order chi connectivity index (χ1) is 11.0. The van der Waals surface area contributed by atoms with Crippen LogP contribution in [0.25, 0.3) is 0 Å². The summed E-state index contributed by atoms with van der Waals surface area (Å²) in [5.41, 5.74) is -2.88. The number of rotatable bonds is 3. The van der Waals surface area contributed by atoms with E-state index in [1.807, 2.05) is 0 Å². The minimum Gasteiger partial charge on any atom is -0.383 e. The molecule has 0 aromatic rings. The Kier molecular flexibility index (Phi) is 3.30. The molecule has 0 aromatic heterocycles. The number of alkyl halides is 5. The first-order valence-electron chi connectivity index (χ1n) is 8.49. The Morgan fingerprint density at radius 1 is 0.958 bits per heavy atom. The van der Waals surface area contributed by atoms with E-state index in [2.05, 4.69) is 12.2 Å². The third-order valence-corrected chi connectivity index (χ3v) is 7.32.